The molecule has 0 aromatic heterocycles. The van der Waals surface area contributed by atoms with Gasteiger partial charge in [0.1, 0.15) is 0 Å². The van der Waals surface area contributed by atoms with Crippen LogP contribution in [-0.4, -0.2) is 24.1 Å². The van der Waals surface area contributed by atoms with Gasteiger partial charge in [-0.2, -0.15) is 0 Å². The van der Waals surface area contributed by atoms with Crippen molar-refractivity contribution in [1.29, 1.82) is 0 Å². The SMILES string of the molecule is C=CC(N)=O.C=COC(C)=O.CO. The van der Waals surface area contributed by atoms with Gasteiger partial charge >= 0.3 is 5.97 Å². The highest BCUT2D eigenvalue weighted by Gasteiger charge is 1.79. The van der Waals surface area contributed by atoms with Crippen molar-refractivity contribution in [2.24, 2.45) is 5.73 Å². The van der Waals surface area contributed by atoms with Gasteiger partial charge in [-0.3, -0.25) is 9.59 Å². The Morgan fingerprint density at radius 1 is 1.38 bits per heavy atom. The van der Waals surface area contributed by atoms with Crippen molar-refractivity contribution in [3.05, 3.63) is 25.5 Å². The van der Waals surface area contributed by atoms with Gasteiger partial charge in [0.15, 0.2) is 0 Å². The minimum atomic E-state index is -0.481. The molecule has 0 rings (SSSR count). The number of esters is 1. The normalized spacial score (nSPS) is 6.08. The minimum Gasteiger partial charge on any atom is -0.435 e. The Labute approximate surface area is 77.5 Å². The maximum atomic E-state index is 9.75. The van der Waals surface area contributed by atoms with E-state index in [2.05, 4.69) is 23.6 Å². The fourth-order valence-electron chi connectivity index (χ4n) is 0.117. The van der Waals surface area contributed by atoms with Crippen LogP contribution in [0.15, 0.2) is 25.5 Å². The van der Waals surface area contributed by atoms with Gasteiger partial charge in [0.05, 0.1) is 6.26 Å². The third-order valence-electron chi connectivity index (χ3n) is 0.450. The molecule has 13 heavy (non-hydrogen) atoms. The first kappa shape index (κ1) is 17.5. The number of carbonyl (C=O) groups excluding carboxylic acids is 2. The van der Waals surface area contributed by atoms with Crippen LogP contribution in [-0.2, 0) is 14.3 Å². The molecular weight excluding hydrogens is 174 g/mol. The van der Waals surface area contributed by atoms with E-state index >= 15 is 0 Å². The van der Waals surface area contributed by atoms with Crippen LogP contribution in [0.5, 0.6) is 0 Å². The lowest BCUT2D eigenvalue weighted by atomic mass is 10.6. The summed E-state index contributed by atoms with van der Waals surface area (Å²) in [5, 5.41) is 7.00. The Balaban J connectivity index is -0.000000131. The number of carbonyl (C=O) groups is 2. The topological polar surface area (TPSA) is 89.6 Å². The van der Waals surface area contributed by atoms with E-state index in [1.54, 1.807) is 0 Å². The molecule has 0 aliphatic carbocycles. The van der Waals surface area contributed by atoms with Gasteiger partial charge in [-0.05, 0) is 6.08 Å². The molecule has 0 aliphatic heterocycles. The third kappa shape index (κ3) is 63.8. The first-order chi connectivity index (χ1) is 6.04. The Morgan fingerprint density at radius 3 is 1.69 bits per heavy atom. The van der Waals surface area contributed by atoms with Crippen LogP contribution in [0.3, 0.4) is 0 Å². The smallest absolute Gasteiger partial charge is 0.307 e. The molecular formula is C8H15NO4. The summed E-state index contributed by atoms with van der Waals surface area (Å²) in [6.45, 7) is 7.56. The molecule has 0 radical (unpaired) electrons. The van der Waals surface area contributed by atoms with E-state index in [1.165, 1.54) is 6.92 Å². The molecule has 0 saturated carbocycles. The van der Waals surface area contributed by atoms with Crippen LogP contribution >= 0.6 is 0 Å². The van der Waals surface area contributed by atoms with E-state index in [4.69, 9.17) is 5.11 Å². The van der Waals surface area contributed by atoms with Crippen LogP contribution in [0.25, 0.3) is 0 Å². The van der Waals surface area contributed by atoms with Crippen LogP contribution in [0.4, 0.5) is 0 Å². The summed E-state index contributed by atoms with van der Waals surface area (Å²) in [6.07, 6.45) is 2.16. The van der Waals surface area contributed by atoms with E-state index < -0.39 is 5.91 Å². The van der Waals surface area contributed by atoms with Gasteiger partial charge in [-0.25, -0.2) is 0 Å². The summed E-state index contributed by atoms with van der Waals surface area (Å²) in [5.74, 6) is -0.810. The van der Waals surface area contributed by atoms with Crippen LogP contribution < -0.4 is 5.73 Å². The van der Waals surface area contributed by atoms with E-state index in [9.17, 15) is 9.59 Å². The molecule has 0 aromatic carbocycles. The molecule has 3 N–H and O–H groups in total. The number of nitrogens with two attached hydrogens (primary N) is 1. The second-order valence-corrected chi connectivity index (χ2v) is 1.38. The number of hydrogen-bond acceptors (Lipinski definition) is 4. The summed E-state index contributed by atoms with van der Waals surface area (Å²) >= 11 is 0. The number of rotatable bonds is 2. The van der Waals surface area contributed by atoms with Crippen molar-refractivity contribution in [1.82, 2.24) is 0 Å². The number of aliphatic hydroxyl groups is 1. The Kier molecular flexibility index (Phi) is 22.5. The number of ether oxygens (including phenoxy) is 1. The highest BCUT2D eigenvalue weighted by molar-refractivity contribution is 5.84. The van der Waals surface area contributed by atoms with Gasteiger partial charge < -0.3 is 15.6 Å². The number of hydrogen-bond donors (Lipinski definition) is 2. The highest BCUT2D eigenvalue weighted by atomic mass is 16.5. The van der Waals surface area contributed by atoms with Gasteiger partial charge in [-0.1, -0.05) is 13.2 Å². The molecule has 5 nitrogen and oxygen atoms in total. The fourth-order valence-corrected chi connectivity index (χ4v) is 0.117. The lowest BCUT2D eigenvalue weighted by Crippen LogP contribution is -2.04. The Bertz CT molecular complexity index is 166. The molecule has 0 saturated heterocycles. The minimum absolute atomic E-state index is 0.329. The number of amides is 1. The largest absolute Gasteiger partial charge is 0.435 e. The first-order valence-corrected chi connectivity index (χ1v) is 3.19. The predicted octanol–water partition coefficient (Wildman–Crippen LogP) is -0.0408. The fraction of sp³-hybridized carbons (Fsp3) is 0.250. The predicted molar refractivity (Wildman–Crippen MR) is 49.5 cm³/mol. The maximum Gasteiger partial charge on any atom is 0.307 e. The summed E-state index contributed by atoms with van der Waals surface area (Å²) < 4.78 is 4.17. The molecule has 0 atom stereocenters. The van der Waals surface area contributed by atoms with E-state index in [1.807, 2.05) is 0 Å². The van der Waals surface area contributed by atoms with Crippen molar-refractivity contribution >= 4 is 11.9 Å². The highest BCUT2D eigenvalue weighted by Crippen LogP contribution is 1.70. The molecule has 0 aliphatic rings. The second kappa shape index (κ2) is 16.8. The van der Waals surface area contributed by atoms with Crippen molar-refractivity contribution in [3.8, 4) is 0 Å². The zero-order valence-electron chi connectivity index (χ0n) is 7.82. The Morgan fingerprint density at radius 2 is 1.69 bits per heavy atom. The van der Waals surface area contributed by atoms with Crippen LogP contribution in [0, 0.1) is 0 Å². The monoisotopic (exact) mass is 189 g/mol. The third-order valence-corrected chi connectivity index (χ3v) is 0.450. The first-order valence-electron chi connectivity index (χ1n) is 3.19. The van der Waals surface area contributed by atoms with E-state index in [0.29, 0.717) is 0 Å². The number of aliphatic hydroxyl groups excluding tert-OH is 1. The van der Waals surface area contributed by atoms with Crippen molar-refractivity contribution in [2.75, 3.05) is 7.11 Å². The van der Waals surface area contributed by atoms with Crippen molar-refractivity contribution in [2.45, 2.75) is 6.92 Å². The zero-order chi connectivity index (χ0) is 11.3. The molecule has 0 unspecified atom stereocenters. The molecule has 1 amide bonds. The van der Waals surface area contributed by atoms with Gasteiger partial charge in [-0.15, -0.1) is 0 Å². The summed E-state index contributed by atoms with van der Waals surface area (Å²) in [6, 6.07) is 0. The Hall–Kier alpha value is -1.62. The van der Waals surface area contributed by atoms with Crippen molar-refractivity contribution < 1.29 is 19.4 Å². The van der Waals surface area contributed by atoms with Crippen molar-refractivity contribution in [3.63, 3.8) is 0 Å². The second-order valence-electron chi connectivity index (χ2n) is 1.38. The molecule has 5 heteroatoms. The lowest BCUT2D eigenvalue weighted by molar-refractivity contribution is -0.135. The maximum absolute atomic E-state index is 9.75. The molecule has 76 valence electrons. The number of primary amides is 1. The lowest BCUT2D eigenvalue weighted by Gasteiger charge is -1.83. The van der Waals surface area contributed by atoms with Gasteiger partial charge in [0.2, 0.25) is 5.91 Å². The molecule has 0 heterocycles. The van der Waals surface area contributed by atoms with Crippen LogP contribution in [0.2, 0.25) is 0 Å². The standard InChI is InChI=1S/C4H6O2.C3H5NO.CH4O/c1-3-6-4(2)5;1-2-3(4)5;1-2/h3H,1H2,2H3;2H,1H2,(H2,4,5);2H,1H3. The summed E-state index contributed by atoms with van der Waals surface area (Å²) in [5.41, 5.74) is 4.53. The zero-order valence-corrected chi connectivity index (χ0v) is 7.82. The summed E-state index contributed by atoms with van der Waals surface area (Å²) in [4.78, 5) is 19.2. The average Bonchev–Trinajstić information content (AvgIpc) is 2.09. The molecule has 0 bridgehead atoms. The van der Waals surface area contributed by atoms with E-state index in [0.717, 1.165) is 19.4 Å². The average molecular weight is 189 g/mol. The quantitative estimate of drug-likeness (QED) is 0.362. The van der Waals surface area contributed by atoms with Gasteiger partial charge in [0, 0.05) is 14.0 Å². The molecule has 0 aromatic rings. The van der Waals surface area contributed by atoms with Gasteiger partial charge in [0.25, 0.3) is 0 Å². The summed E-state index contributed by atoms with van der Waals surface area (Å²) in [7, 11) is 1.00. The van der Waals surface area contributed by atoms with Crippen LogP contribution in [0.1, 0.15) is 6.92 Å². The molecule has 0 fully saturated rings. The molecule has 0 spiro atoms. The van der Waals surface area contributed by atoms with E-state index in [-0.39, 0.29) is 5.97 Å².